The van der Waals surface area contributed by atoms with Gasteiger partial charge in [0, 0.05) is 27.1 Å². The maximum Gasteiger partial charge on any atom is 0.415 e. The van der Waals surface area contributed by atoms with Gasteiger partial charge in [0.2, 0.25) is 0 Å². The second-order valence-electron chi connectivity index (χ2n) is 15.2. The van der Waals surface area contributed by atoms with Crippen LogP contribution in [0.2, 0.25) is 0 Å². The first-order chi connectivity index (χ1) is 29.1. The fourth-order valence-electron chi connectivity index (χ4n) is 8.86. The molecule has 0 spiro atoms. The predicted molar refractivity (Wildman–Crippen MR) is 237 cm³/mol. The zero-order chi connectivity index (χ0) is 41.3. The minimum Gasteiger partial charge on any atom is -0.309 e. The van der Waals surface area contributed by atoms with Crippen LogP contribution in [0.4, 0.5) is 18.9 Å². The van der Waals surface area contributed by atoms with Crippen LogP contribution >= 0.6 is 0 Å². The molecule has 0 aliphatic carbocycles. The lowest BCUT2D eigenvalue weighted by molar-refractivity contribution is -0.137. The number of rotatable bonds is 5. The second kappa shape index (κ2) is 13.9. The number of benzene rings is 8. The molecule has 10 aromatic rings. The number of nitriles is 1. The molecule has 8 aromatic carbocycles. The molecule has 60 heavy (non-hydrogen) atoms. The number of alkyl halides is 3. The highest BCUT2D eigenvalue weighted by Gasteiger charge is 2.36. The minimum absolute atomic E-state index is 0.146. The summed E-state index contributed by atoms with van der Waals surface area (Å²) in [7, 11) is 0. The van der Waals surface area contributed by atoms with Crippen molar-refractivity contribution in [3.63, 3.8) is 0 Å². The van der Waals surface area contributed by atoms with E-state index in [0.29, 0.717) is 11.4 Å². The van der Waals surface area contributed by atoms with Crippen molar-refractivity contribution in [1.82, 2.24) is 9.13 Å². The molecule has 4 nitrogen and oxygen atoms in total. The second-order valence-corrected chi connectivity index (χ2v) is 15.2. The van der Waals surface area contributed by atoms with Gasteiger partial charge < -0.3 is 9.13 Å². The highest BCUT2D eigenvalue weighted by atomic mass is 19.4. The monoisotopic (exact) mass is 782 g/mol. The van der Waals surface area contributed by atoms with E-state index in [1.165, 1.54) is 12.1 Å². The van der Waals surface area contributed by atoms with Crippen LogP contribution in [0, 0.1) is 31.8 Å². The fourth-order valence-corrected chi connectivity index (χ4v) is 8.86. The van der Waals surface area contributed by atoms with Crippen molar-refractivity contribution in [1.29, 1.82) is 5.26 Å². The van der Waals surface area contributed by atoms with Crippen LogP contribution in [-0.4, -0.2) is 9.13 Å². The molecule has 0 fully saturated rings. The van der Waals surface area contributed by atoms with Gasteiger partial charge in [-0.1, -0.05) is 139 Å². The molecule has 0 unspecified atom stereocenters. The van der Waals surface area contributed by atoms with E-state index < -0.39 is 11.7 Å². The van der Waals surface area contributed by atoms with Crippen LogP contribution in [-0.2, 0) is 6.18 Å². The number of fused-ring (bicyclic) bond motifs is 6. The van der Waals surface area contributed by atoms with E-state index in [-0.39, 0.29) is 22.4 Å². The maximum absolute atomic E-state index is 15.3. The smallest absolute Gasteiger partial charge is 0.309 e. The Labute approximate surface area is 344 Å². The Morgan fingerprint density at radius 2 is 1.02 bits per heavy atom. The molecule has 7 heteroatoms. The molecule has 0 bridgehead atoms. The van der Waals surface area contributed by atoms with Gasteiger partial charge in [0.05, 0.1) is 51.1 Å². The first kappa shape index (κ1) is 36.5. The van der Waals surface area contributed by atoms with Gasteiger partial charge in [0.25, 0.3) is 0 Å². The Balaban J connectivity index is 1.36. The van der Waals surface area contributed by atoms with Crippen molar-refractivity contribution in [2.45, 2.75) is 20.0 Å². The van der Waals surface area contributed by atoms with Gasteiger partial charge >= 0.3 is 6.18 Å². The molecule has 0 saturated heterocycles. The largest absolute Gasteiger partial charge is 0.415 e. The molecule has 0 aliphatic heterocycles. The Morgan fingerprint density at radius 3 is 1.53 bits per heavy atom. The maximum atomic E-state index is 15.3. The van der Waals surface area contributed by atoms with E-state index in [2.05, 4.69) is 53.4 Å². The topological polar surface area (TPSA) is 38.0 Å². The predicted octanol–water partition coefficient (Wildman–Crippen LogP) is 14.9. The van der Waals surface area contributed by atoms with E-state index in [9.17, 15) is 5.26 Å². The molecular formula is C53H33F3N4. The van der Waals surface area contributed by atoms with Gasteiger partial charge in [0.15, 0.2) is 5.69 Å². The SMILES string of the molecule is [C-]#[N+]c1cccc(C(F)(F)F)c1-c1cc(-n2c3ccccc3c3ccc(-c4cccc(C)c4)cc32)c(C#N)cc1-n1c2ccccc2c2ccc(-c3cccc(C)c3)cc21. The Hall–Kier alpha value is -7.87. The van der Waals surface area contributed by atoms with Crippen LogP contribution in [0.15, 0.2) is 164 Å². The summed E-state index contributed by atoms with van der Waals surface area (Å²) >= 11 is 0. The standard InChI is InChI=1S/C53H33F3N4/c1-32-11-8-13-34(25-32)36-21-23-41-39-15-4-6-19-46(39)59(49(41)27-36)48-30-43(52-44(53(54,55)56)17-10-18-45(52)58-3)51(29-38(48)31-57)60-47-20-7-5-16-40(47)42-24-22-37(28-50(42)60)35-14-9-12-33(2)26-35/h4-30H,1-2H3. The quantitative estimate of drug-likeness (QED) is 0.160. The van der Waals surface area contributed by atoms with Gasteiger partial charge in [-0.2, -0.15) is 18.4 Å². The van der Waals surface area contributed by atoms with Gasteiger partial charge in [-0.3, -0.25) is 0 Å². The molecule has 10 rings (SSSR count). The molecule has 2 heterocycles. The molecule has 0 saturated carbocycles. The highest BCUT2D eigenvalue weighted by molar-refractivity contribution is 6.12. The Morgan fingerprint density at radius 1 is 0.517 bits per heavy atom. The molecule has 0 amide bonds. The number of halogens is 3. The van der Waals surface area contributed by atoms with Crippen LogP contribution in [0.1, 0.15) is 22.3 Å². The van der Waals surface area contributed by atoms with E-state index in [1.54, 1.807) is 12.1 Å². The summed E-state index contributed by atoms with van der Waals surface area (Å²) in [6.45, 7) is 12.3. The van der Waals surface area contributed by atoms with E-state index in [1.807, 2.05) is 114 Å². The molecular weight excluding hydrogens is 750 g/mol. The average Bonchev–Trinajstić information content (AvgIpc) is 3.77. The summed E-state index contributed by atoms with van der Waals surface area (Å²) in [5.74, 6) is 0. The van der Waals surface area contributed by atoms with E-state index in [4.69, 9.17) is 6.57 Å². The van der Waals surface area contributed by atoms with Gasteiger partial charge in [-0.25, -0.2) is 4.85 Å². The van der Waals surface area contributed by atoms with Gasteiger partial charge in [-0.05, 0) is 78.1 Å². The van der Waals surface area contributed by atoms with Crippen molar-refractivity contribution in [3.05, 3.63) is 197 Å². The molecule has 0 radical (unpaired) electrons. The van der Waals surface area contributed by atoms with Crippen LogP contribution < -0.4 is 0 Å². The molecule has 286 valence electrons. The fraction of sp³-hybridized carbons (Fsp3) is 0.0566. The summed E-state index contributed by atoms with van der Waals surface area (Å²) in [5.41, 5.74) is 9.04. The first-order valence-corrected chi connectivity index (χ1v) is 19.5. The third-order valence-corrected chi connectivity index (χ3v) is 11.5. The summed E-state index contributed by atoms with van der Waals surface area (Å²) in [5, 5.41) is 14.8. The summed E-state index contributed by atoms with van der Waals surface area (Å²) in [6, 6.07) is 53.9. The third kappa shape index (κ3) is 5.82. The van der Waals surface area contributed by atoms with Gasteiger partial charge in [-0.15, -0.1) is 0 Å². The lowest BCUT2D eigenvalue weighted by Gasteiger charge is -2.22. The number of hydrogen-bond donors (Lipinski definition) is 0. The van der Waals surface area contributed by atoms with E-state index in [0.717, 1.165) is 83.1 Å². The molecule has 0 N–H and O–H groups in total. The van der Waals surface area contributed by atoms with Crippen LogP contribution in [0.25, 0.3) is 93.2 Å². The van der Waals surface area contributed by atoms with Crippen molar-refractivity contribution in [2.24, 2.45) is 0 Å². The highest BCUT2D eigenvalue weighted by Crippen LogP contribution is 2.48. The van der Waals surface area contributed by atoms with Gasteiger partial charge in [0.1, 0.15) is 6.07 Å². The van der Waals surface area contributed by atoms with Crippen molar-refractivity contribution in [3.8, 4) is 50.8 Å². The Bertz CT molecular complexity index is 3480. The number of aryl methyl sites for hydroxylation is 2. The number of aromatic nitrogens is 2. The molecule has 2 aromatic heterocycles. The van der Waals surface area contributed by atoms with Crippen molar-refractivity contribution < 1.29 is 13.2 Å². The minimum atomic E-state index is -4.80. The lowest BCUT2D eigenvalue weighted by atomic mass is 9.93. The zero-order valence-electron chi connectivity index (χ0n) is 32.5. The summed E-state index contributed by atoms with van der Waals surface area (Å²) in [6.07, 6.45) is -4.80. The van der Waals surface area contributed by atoms with Crippen molar-refractivity contribution in [2.75, 3.05) is 0 Å². The molecule has 0 aliphatic rings. The molecule has 0 atom stereocenters. The van der Waals surface area contributed by atoms with E-state index >= 15 is 13.2 Å². The normalized spacial score (nSPS) is 11.7. The number of para-hydroxylation sites is 2. The average molecular weight is 783 g/mol. The first-order valence-electron chi connectivity index (χ1n) is 19.5. The van der Waals surface area contributed by atoms with Crippen LogP contribution in [0.5, 0.6) is 0 Å². The number of hydrogen-bond acceptors (Lipinski definition) is 1. The Kier molecular flexibility index (Phi) is 8.45. The summed E-state index contributed by atoms with van der Waals surface area (Å²) < 4.78 is 49.8. The zero-order valence-corrected chi connectivity index (χ0v) is 32.5. The number of nitrogens with zero attached hydrogens (tertiary/aromatic N) is 4. The summed E-state index contributed by atoms with van der Waals surface area (Å²) in [4.78, 5) is 3.69. The lowest BCUT2D eigenvalue weighted by Crippen LogP contribution is -2.10. The van der Waals surface area contributed by atoms with Crippen molar-refractivity contribution >= 4 is 49.3 Å². The van der Waals surface area contributed by atoms with Crippen LogP contribution in [0.3, 0.4) is 0 Å². The third-order valence-electron chi connectivity index (χ3n) is 11.5.